The molecule has 3 aromatic rings. The molecule has 3 rings (SSSR count). The largest absolute Gasteiger partial charge is 0.357 e. The molecule has 0 aliphatic heterocycles. The monoisotopic (exact) mass is 446 g/mol. The third-order valence-electron chi connectivity index (χ3n) is 5.50. The molecule has 1 atom stereocenters. The van der Waals surface area contributed by atoms with Gasteiger partial charge in [-0.1, -0.05) is 72.3 Å². The van der Waals surface area contributed by atoms with Crippen molar-refractivity contribution in [3.05, 3.63) is 101 Å². The van der Waals surface area contributed by atoms with E-state index in [4.69, 9.17) is 0 Å². The molecule has 2 amide bonds. The van der Waals surface area contributed by atoms with Gasteiger partial charge in [0.05, 0.1) is 5.75 Å². The fourth-order valence-corrected chi connectivity index (χ4v) is 4.34. The average Bonchev–Trinajstić information content (AvgIpc) is 2.82. The third kappa shape index (κ3) is 6.47. The molecule has 32 heavy (non-hydrogen) atoms. The highest BCUT2D eigenvalue weighted by atomic mass is 32.2. The zero-order chi connectivity index (χ0) is 22.9. The van der Waals surface area contributed by atoms with E-state index in [1.807, 2.05) is 92.7 Å². The van der Waals surface area contributed by atoms with Crippen LogP contribution in [0.2, 0.25) is 0 Å². The quantitative estimate of drug-likeness (QED) is 0.481. The number of likely N-dealkylation sites (N-methyl/N-ethyl adjacent to an activating group) is 1. The van der Waals surface area contributed by atoms with Crippen molar-refractivity contribution in [2.24, 2.45) is 0 Å². The van der Waals surface area contributed by atoms with E-state index in [9.17, 15) is 9.59 Å². The Morgan fingerprint density at radius 2 is 1.56 bits per heavy atom. The van der Waals surface area contributed by atoms with Crippen molar-refractivity contribution in [3.8, 4) is 0 Å². The van der Waals surface area contributed by atoms with Gasteiger partial charge in [-0.2, -0.15) is 0 Å². The Balaban J connectivity index is 1.87. The van der Waals surface area contributed by atoms with Crippen molar-refractivity contribution >= 4 is 23.6 Å². The molecule has 166 valence electrons. The first-order valence-electron chi connectivity index (χ1n) is 10.8. The second kappa shape index (κ2) is 11.5. The molecular weight excluding hydrogens is 416 g/mol. The maximum atomic E-state index is 13.5. The summed E-state index contributed by atoms with van der Waals surface area (Å²) in [7, 11) is 1.62. The minimum absolute atomic E-state index is 0.0524. The fraction of sp³-hybridized carbons (Fsp3) is 0.259. The molecule has 3 aromatic carbocycles. The minimum Gasteiger partial charge on any atom is -0.357 e. The van der Waals surface area contributed by atoms with Gasteiger partial charge >= 0.3 is 0 Å². The lowest BCUT2D eigenvalue weighted by atomic mass is 10.0. The Bertz CT molecular complexity index is 1040. The number of benzene rings is 3. The molecule has 0 unspecified atom stereocenters. The van der Waals surface area contributed by atoms with Crippen molar-refractivity contribution in [2.45, 2.75) is 37.8 Å². The van der Waals surface area contributed by atoms with Gasteiger partial charge in [-0.05, 0) is 42.7 Å². The van der Waals surface area contributed by atoms with Crippen molar-refractivity contribution in [1.82, 2.24) is 10.2 Å². The van der Waals surface area contributed by atoms with Crippen LogP contribution in [0.5, 0.6) is 0 Å². The molecule has 0 radical (unpaired) electrons. The van der Waals surface area contributed by atoms with Crippen LogP contribution in [0.1, 0.15) is 22.3 Å². The number of thioether (sulfide) groups is 1. The molecule has 0 bridgehead atoms. The van der Waals surface area contributed by atoms with Crippen LogP contribution in [0.25, 0.3) is 0 Å². The Labute approximate surface area is 195 Å². The topological polar surface area (TPSA) is 49.4 Å². The lowest BCUT2D eigenvalue weighted by Gasteiger charge is -2.31. The van der Waals surface area contributed by atoms with Crippen LogP contribution in [-0.4, -0.2) is 35.6 Å². The number of nitrogens with one attached hydrogen (secondary N) is 1. The van der Waals surface area contributed by atoms with Crippen molar-refractivity contribution in [2.75, 3.05) is 12.8 Å². The predicted molar refractivity (Wildman–Crippen MR) is 132 cm³/mol. The molecule has 4 nitrogen and oxygen atoms in total. The van der Waals surface area contributed by atoms with Gasteiger partial charge in [0.25, 0.3) is 0 Å². The first-order valence-corrected chi connectivity index (χ1v) is 11.8. The molecule has 0 saturated carbocycles. The number of carbonyl (C=O) groups excluding carboxylic acids is 2. The zero-order valence-electron chi connectivity index (χ0n) is 18.9. The molecule has 0 heterocycles. The fourth-order valence-electron chi connectivity index (χ4n) is 3.55. The molecule has 5 heteroatoms. The van der Waals surface area contributed by atoms with E-state index < -0.39 is 6.04 Å². The number of nitrogens with zero attached hydrogens (tertiary/aromatic N) is 1. The third-order valence-corrected chi connectivity index (χ3v) is 6.50. The lowest BCUT2D eigenvalue weighted by Crippen LogP contribution is -2.50. The maximum Gasteiger partial charge on any atom is 0.242 e. The van der Waals surface area contributed by atoms with E-state index >= 15 is 0 Å². The van der Waals surface area contributed by atoms with Crippen molar-refractivity contribution in [3.63, 3.8) is 0 Å². The van der Waals surface area contributed by atoms with E-state index in [1.165, 1.54) is 17.3 Å². The molecule has 0 aliphatic carbocycles. The summed E-state index contributed by atoms with van der Waals surface area (Å²) in [6.45, 7) is 4.47. The van der Waals surface area contributed by atoms with Crippen LogP contribution in [0, 0.1) is 13.8 Å². The van der Waals surface area contributed by atoms with Crippen LogP contribution in [-0.2, 0) is 22.6 Å². The number of amides is 2. The Hall–Kier alpha value is -3.05. The minimum atomic E-state index is -0.590. The second-order valence-corrected chi connectivity index (χ2v) is 8.92. The Kier molecular flexibility index (Phi) is 8.51. The van der Waals surface area contributed by atoms with E-state index in [-0.39, 0.29) is 17.6 Å². The SMILES string of the molecule is CNC(=O)[C@@H](Cc1ccccc1)N(Cc1ccccc1C)C(=O)CSc1ccc(C)cc1. The molecular formula is C27H30N2O2S. The van der Waals surface area contributed by atoms with Crippen LogP contribution in [0.4, 0.5) is 0 Å². The van der Waals surface area contributed by atoms with Gasteiger partial charge < -0.3 is 10.2 Å². The predicted octanol–water partition coefficient (Wildman–Crippen LogP) is 4.78. The second-order valence-electron chi connectivity index (χ2n) is 7.87. The van der Waals surface area contributed by atoms with Gasteiger partial charge in [0.2, 0.25) is 11.8 Å². The highest BCUT2D eigenvalue weighted by molar-refractivity contribution is 8.00. The Morgan fingerprint density at radius 1 is 0.906 bits per heavy atom. The van der Waals surface area contributed by atoms with Crippen LogP contribution in [0.15, 0.2) is 83.8 Å². The summed E-state index contributed by atoms with van der Waals surface area (Å²) < 4.78 is 0. The first kappa shape index (κ1) is 23.6. The summed E-state index contributed by atoms with van der Waals surface area (Å²) in [6.07, 6.45) is 0.466. The van der Waals surface area contributed by atoms with Gasteiger partial charge in [-0.25, -0.2) is 0 Å². The number of hydrogen-bond donors (Lipinski definition) is 1. The van der Waals surface area contributed by atoms with E-state index in [1.54, 1.807) is 11.9 Å². The lowest BCUT2D eigenvalue weighted by molar-refractivity contribution is -0.139. The molecule has 0 fully saturated rings. The number of carbonyl (C=O) groups is 2. The molecule has 0 saturated heterocycles. The van der Waals surface area contributed by atoms with Crippen molar-refractivity contribution < 1.29 is 9.59 Å². The van der Waals surface area contributed by atoms with Crippen LogP contribution < -0.4 is 5.32 Å². The van der Waals surface area contributed by atoms with Gasteiger partial charge in [0.1, 0.15) is 6.04 Å². The summed E-state index contributed by atoms with van der Waals surface area (Å²) in [5, 5.41) is 2.76. The van der Waals surface area contributed by atoms with Crippen molar-refractivity contribution in [1.29, 1.82) is 0 Å². The average molecular weight is 447 g/mol. The standard InChI is InChI=1S/C27H30N2O2S/c1-20-13-15-24(16-14-20)32-19-26(30)29(18-23-12-8-7-9-21(23)2)25(27(31)28-3)17-22-10-5-4-6-11-22/h4-16,25H,17-19H2,1-3H3,(H,28,31)/t25-/m1/s1. The van der Waals surface area contributed by atoms with Crippen LogP contribution in [0.3, 0.4) is 0 Å². The van der Waals surface area contributed by atoms with Gasteiger partial charge in [-0.15, -0.1) is 11.8 Å². The zero-order valence-corrected chi connectivity index (χ0v) is 19.7. The molecule has 0 aliphatic rings. The summed E-state index contributed by atoms with van der Waals surface area (Å²) in [5.41, 5.74) is 4.36. The highest BCUT2D eigenvalue weighted by Crippen LogP contribution is 2.22. The summed E-state index contributed by atoms with van der Waals surface area (Å²) >= 11 is 1.50. The normalized spacial score (nSPS) is 11.6. The van der Waals surface area contributed by atoms with Gasteiger partial charge in [0.15, 0.2) is 0 Å². The number of hydrogen-bond acceptors (Lipinski definition) is 3. The molecule has 0 aromatic heterocycles. The number of rotatable bonds is 9. The van der Waals surface area contributed by atoms with E-state index in [0.29, 0.717) is 13.0 Å². The summed E-state index contributed by atoms with van der Waals surface area (Å²) in [6, 6.07) is 25.4. The first-order chi connectivity index (χ1) is 15.5. The Morgan fingerprint density at radius 3 is 2.22 bits per heavy atom. The van der Waals surface area contributed by atoms with E-state index in [0.717, 1.165) is 21.6 Å². The van der Waals surface area contributed by atoms with Crippen LogP contribution >= 0.6 is 11.8 Å². The highest BCUT2D eigenvalue weighted by Gasteiger charge is 2.30. The van der Waals surface area contributed by atoms with Gasteiger partial charge in [0, 0.05) is 24.9 Å². The summed E-state index contributed by atoms with van der Waals surface area (Å²) in [4.78, 5) is 29.2. The molecule has 1 N–H and O–H groups in total. The van der Waals surface area contributed by atoms with Gasteiger partial charge in [-0.3, -0.25) is 9.59 Å². The summed E-state index contributed by atoms with van der Waals surface area (Å²) in [5.74, 6) is 0.0662. The smallest absolute Gasteiger partial charge is 0.242 e. The maximum absolute atomic E-state index is 13.5. The van der Waals surface area contributed by atoms with E-state index in [2.05, 4.69) is 5.32 Å². The molecule has 0 spiro atoms. The number of aryl methyl sites for hydroxylation is 2.